The Morgan fingerprint density at radius 1 is 1.14 bits per heavy atom. The molecule has 0 saturated heterocycles. The van der Waals surface area contributed by atoms with E-state index in [-0.39, 0.29) is 5.57 Å². The third-order valence-corrected chi connectivity index (χ3v) is 4.54. The first-order valence-electron chi connectivity index (χ1n) is 8.72. The van der Waals surface area contributed by atoms with Crippen molar-refractivity contribution in [1.82, 2.24) is 0 Å². The van der Waals surface area contributed by atoms with Gasteiger partial charge in [0.25, 0.3) is 5.91 Å². The Balaban J connectivity index is 1.79. The van der Waals surface area contributed by atoms with E-state index in [1.165, 1.54) is 6.08 Å². The van der Waals surface area contributed by atoms with Crippen LogP contribution in [-0.4, -0.2) is 12.5 Å². The van der Waals surface area contributed by atoms with E-state index in [0.717, 1.165) is 0 Å². The van der Waals surface area contributed by atoms with Crippen molar-refractivity contribution in [3.63, 3.8) is 0 Å². The Kier molecular flexibility index (Phi) is 6.61. The number of rotatable bonds is 6. The second-order valence-corrected chi connectivity index (χ2v) is 6.69. The molecule has 0 atom stereocenters. The lowest BCUT2D eigenvalue weighted by atomic mass is 10.2. The molecule has 5 nitrogen and oxygen atoms in total. The maximum Gasteiger partial charge on any atom is 0.266 e. The molecule has 0 bridgehead atoms. The molecule has 2 aromatic carbocycles. The van der Waals surface area contributed by atoms with Crippen molar-refractivity contribution < 1.29 is 13.9 Å². The van der Waals surface area contributed by atoms with Crippen LogP contribution in [0.1, 0.15) is 12.7 Å². The van der Waals surface area contributed by atoms with Gasteiger partial charge in [-0.2, -0.15) is 5.26 Å². The highest BCUT2D eigenvalue weighted by Gasteiger charge is 2.14. The van der Waals surface area contributed by atoms with Gasteiger partial charge in [-0.1, -0.05) is 29.3 Å². The first-order valence-corrected chi connectivity index (χ1v) is 9.47. The Morgan fingerprint density at radius 2 is 1.83 bits per heavy atom. The van der Waals surface area contributed by atoms with E-state index in [2.05, 4.69) is 5.32 Å². The SMILES string of the molecule is CCOc1ccc(NC(=O)/C(C#N)=C/c2ccc(-c3c(Cl)cccc3Cl)o2)cc1. The van der Waals surface area contributed by atoms with Crippen LogP contribution in [0.2, 0.25) is 10.0 Å². The highest BCUT2D eigenvalue weighted by atomic mass is 35.5. The molecule has 1 N–H and O–H groups in total. The number of halogens is 2. The topological polar surface area (TPSA) is 75.3 Å². The van der Waals surface area contributed by atoms with Gasteiger partial charge in [-0.15, -0.1) is 0 Å². The summed E-state index contributed by atoms with van der Waals surface area (Å²) in [6.45, 7) is 2.44. The summed E-state index contributed by atoms with van der Waals surface area (Å²) in [5.41, 5.74) is 0.987. The number of nitrogens with zero attached hydrogens (tertiary/aromatic N) is 1. The highest BCUT2D eigenvalue weighted by molar-refractivity contribution is 6.39. The molecule has 0 unspecified atom stereocenters. The summed E-state index contributed by atoms with van der Waals surface area (Å²) in [5.74, 6) is 0.915. The molecule has 1 amide bonds. The average molecular weight is 427 g/mol. The van der Waals surface area contributed by atoms with Crippen molar-refractivity contribution in [3.05, 3.63) is 76.0 Å². The number of benzene rings is 2. The lowest BCUT2D eigenvalue weighted by molar-refractivity contribution is -0.112. The summed E-state index contributed by atoms with van der Waals surface area (Å²) in [6, 6.07) is 17.2. The van der Waals surface area contributed by atoms with Gasteiger partial charge >= 0.3 is 0 Å². The predicted octanol–water partition coefficient (Wildman–Crippen LogP) is 6.20. The highest BCUT2D eigenvalue weighted by Crippen LogP contribution is 2.35. The van der Waals surface area contributed by atoms with Crippen molar-refractivity contribution in [2.24, 2.45) is 0 Å². The largest absolute Gasteiger partial charge is 0.494 e. The lowest BCUT2D eigenvalue weighted by Crippen LogP contribution is -2.13. The van der Waals surface area contributed by atoms with Gasteiger partial charge in [-0.3, -0.25) is 4.79 Å². The molecule has 0 saturated carbocycles. The smallest absolute Gasteiger partial charge is 0.266 e. The van der Waals surface area contributed by atoms with Crippen LogP contribution >= 0.6 is 23.2 Å². The van der Waals surface area contributed by atoms with Gasteiger partial charge in [0, 0.05) is 11.8 Å². The number of nitrogens with one attached hydrogen (secondary N) is 1. The fourth-order valence-electron chi connectivity index (χ4n) is 2.59. The van der Waals surface area contributed by atoms with Gasteiger partial charge in [-0.05, 0) is 55.5 Å². The first kappa shape index (κ1) is 20.5. The first-order chi connectivity index (χ1) is 14.0. The third kappa shape index (κ3) is 5.00. The number of furan rings is 1. The molecule has 0 spiro atoms. The summed E-state index contributed by atoms with van der Waals surface area (Å²) in [6.07, 6.45) is 1.36. The molecule has 0 aliphatic heterocycles. The zero-order valence-corrected chi connectivity index (χ0v) is 16.9. The van der Waals surface area contributed by atoms with Gasteiger partial charge in [0.15, 0.2) is 0 Å². The number of carbonyl (C=O) groups excluding carboxylic acids is 1. The van der Waals surface area contributed by atoms with Gasteiger partial charge in [0.2, 0.25) is 0 Å². The fourth-order valence-corrected chi connectivity index (χ4v) is 3.17. The molecule has 29 heavy (non-hydrogen) atoms. The zero-order valence-electron chi connectivity index (χ0n) is 15.4. The standard InChI is InChI=1S/C22H16Cl2N2O3/c1-2-28-16-8-6-15(7-9-16)26-22(27)14(13-25)12-17-10-11-20(29-17)21-18(23)4-3-5-19(21)24/h3-12H,2H2,1H3,(H,26,27)/b14-12+. The van der Waals surface area contributed by atoms with E-state index in [4.69, 9.17) is 32.4 Å². The summed E-state index contributed by atoms with van der Waals surface area (Å²) in [4.78, 5) is 12.4. The molecule has 3 rings (SSSR count). The van der Waals surface area contributed by atoms with Gasteiger partial charge in [0.1, 0.15) is 28.9 Å². The maximum atomic E-state index is 12.4. The molecular formula is C22H16Cl2N2O3. The molecule has 146 valence electrons. The van der Waals surface area contributed by atoms with Gasteiger partial charge < -0.3 is 14.5 Å². The molecule has 0 aliphatic rings. The summed E-state index contributed by atoms with van der Waals surface area (Å²) >= 11 is 12.4. The quantitative estimate of drug-likeness (QED) is 0.376. The van der Waals surface area contributed by atoms with Crippen molar-refractivity contribution >= 4 is 40.9 Å². The maximum absolute atomic E-state index is 12.4. The van der Waals surface area contributed by atoms with Crippen LogP contribution in [0.25, 0.3) is 17.4 Å². The predicted molar refractivity (Wildman–Crippen MR) is 114 cm³/mol. The monoisotopic (exact) mass is 426 g/mol. The van der Waals surface area contributed by atoms with Gasteiger partial charge in [0.05, 0.1) is 22.2 Å². The number of ether oxygens (including phenoxy) is 1. The Morgan fingerprint density at radius 3 is 2.45 bits per heavy atom. The minimum Gasteiger partial charge on any atom is -0.494 e. The van der Waals surface area contributed by atoms with E-state index in [9.17, 15) is 10.1 Å². The Bertz CT molecular complexity index is 1080. The molecule has 1 aromatic heterocycles. The molecule has 0 fully saturated rings. The summed E-state index contributed by atoms with van der Waals surface area (Å²) in [7, 11) is 0. The average Bonchev–Trinajstić information content (AvgIpc) is 3.16. The van der Waals surface area contributed by atoms with Crippen LogP contribution in [0, 0.1) is 11.3 Å². The van der Waals surface area contributed by atoms with Crippen molar-refractivity contribution in [3.8, 4) is 23.1 Å². The summed E-state index contributed by atoms with van der Waals surface area (Å²) < 4.78 is 11.1. The van der Waals surface area contributed by atoms with E-state index >= 15 is 0 Å². The van der Waals surface area contributed by atoms with Crippen molar-refractivity contribution in [1.29, 1.82) is 5.26 Å². The van der Waals surface area contributed by atoms with Crippen LogP contribution in [0.5, 0.6) is 5.75 Å². The molecule has 0 aliphatic carbocycles. The van der Waals surface area contributed by atoms with E-state index in [0.29, 0.717) is 45.2 Å². The second-order valence-electron chi connectivity index (χ2n) is 5.88. The third-order valence-electron chi connectivity index (χ3n) is 3.91. The number of hydrogen-bond donors (Lipinski definition) is 1. The molecule has 1 heterocycles. The lowest BCUT2D eigenvalue weighted by Gasteiger charge is -2.06. The number of carbonyl (C=O) groups is 1. The number of hydrogen-bond acceptors (Lipinski definition) is 4. The van der Waals surface area contributed by atoms with Crippen LogP contribution in [0.4, 0.5) is 5.69 Å². The minimum absolute atomic E-state index is 0.106. The molecule has 7 heteroatoms. The molecular weight excluding hydrogens is 411 g/mol. The summed E-state index contributed by atoms with van der Waals surface area (Å²) in [5, 5.41) is 12.9. The zero-order chi connectivity index (χ0) is 20.8. The van der Waals surface area contributed by atoms with E-state index in [1.807, 2.05) is 13.0 Å². The molecule has 3 aromatic rings. The Hall–Kier alpha value is -3.20. The van der Waals surface area contributed by atoms with Crippen LogP contribution in [0.15, 0.2) is 64.6 Å². The number of anilines is 1. The normalized spacial score (nSPS) is 11.0. The Labute approximate surface area is 178 Å². The minimum atomic E-state index is -0.551. The van der Waals surface area contributed by atoms with Crippen molar-refractivity contribution in [2.45, 2.75) is 6.92 Å². The van der Waals surface area contributed by atoms with E-state index < -0.39 is 5.91 Å². The number of nitriles is 1. The van der Waals surface area contributed by atoms with Crippen LogP contribution < -0.4 is 10.1 Å². The van der Waals surface area contributed by atoms with Crippen LogP contribution in [0.3, 0.4) is 0 Å². The molecule has 0 radical (unpaired) electrons. The fraction of sp³-hybridized carbons (Fsp3) is 0.0909. The van der Waals surface area contributed by atoms with Gasteiger partial charge in [-0.25, -0.2) is 0 Å². The van der Waals surface area contributed by atoms with Crippen molar-refractivity contribution in [2.75, 3.05) is 11.9 Å². The number of amides is 1. The second kappa shape index (κ2) is 9.33. The van der Waals surface area contributed by atoms with Crippen LogP contribution in [-0.2, 0) is 4.79 Å². The van der Waals surface area contributed by atoms with E-state index in [1.54, 1.807) is 54.6 Å².